The highest BCUT2D eigenvalue weighted by molar-refractivity contribution is 7.42. The predicted octanol–water partition coefficient (Wildman–Crippen LogP) is 3.16. The van der Waals surface area contributed by atoms with Crippen molar-refractivity contribution in [2.24, 2.45) is 0 Å². The lowest BCUT2D eigenvalue weighted by molar-refractivity contribution is -0.0228. The number of para-hydroxylation sites is 1. The maximum Gasteiger partial charge on any atom is 0.397 e. The van der Waals surface area contributed by atoms with E-state index in [-0.39, 0.29) is 18.1 Å². The molecular formula is C18H22N3O5P. The monoisotopic (exact) mass is 391 g/mol. The molecule has 8 nitrogen and oxygen atoms in total. The molecule has 144 valence electrons. The number of fused-ring (bicyclic) bond motifs is 1. The SMILES string of the molecule is C=C.Nc1ccn(C2CCC(COP3OCc4ccccc4O3)O2)c(=O)n1. The van der Waals surface area contributed by atoms with Gasteiger partial charge in [0.15, 0.2) is 0 Å². The van der Waals surface area contributed by atoms with Crippen LogP contribution in [0.15, 0.2) is 54.5 Å². The number of anilines is 1. The summed E-state index contributed by atoms with van der Waals surface area (Å²) in [5, 5.41) is 0. The molecule has 4 rings (SSSR count). The van der Waals surface area contributed by atoms with Gasteiger partial charge >= 0.3 is 14.3 Å². The first-order valence-electron chi connectivity index (χ1n) is 8.51. The van der Waals surface area contributed by atoms with E-state index in [0.29, 0.717) is 19.6 Å². The third-order valence-electron chi connectivity index (χ3n) is 4.08. The Morgan fingerprint density at radius 2 is 2.11 bits per heavy atom. The average Bonchev–Trinajstić information content (AvgIpc) is 3.16. The summed E-state index contributed by atoms with van der Waals surface area (Å²) < 4.78 is 24.4. The number of nitrogen functional groups attached to an aromatic ring is 1. The Morgan fingerprint density at radius 3 is 2.93 bits per heavy atom. The van der Waals surface area contributed by atoms with Crippen molar-refractivity contribution in [2.45, 2.75) is 31.8 Å². The predicted molar refractivity (Wildman–Crippen MR) is 102 cm³/mol. The van der Waals surface area contributed by atoms with Crippen LogP contribution in [0.25, 0.3) is 0 Å². The average molecular weight is 391 g/mol. The molecule has 1 saturated heterocycles. The second kappa shape index (κ2) is 9.10. The summed E-state index contributed by atoms with van der Waals surface area (Å²) in [6.45, 7) is 6.82. The highest BCUT2D eigenvalue weighted by Crippen LogP contribution is 2.47. The second-order valence-corrected chi connectivity index (χ2v) is 6.97. The number of hydrogen-bond donors (Lipinski definition) is 1. The van der Waals surface area contributed by atoms with Gasteiger partial charge in [0.05, 0.1) is 19.3 Å². The van der Waals surface area contributed by atoms with Gasteiger partial charge in [-0.25, -0.2) is 4.79 Å². The molecule has 1 aromatic carbocycles. The quantitative estimate of drug-likeness (QED) is 0.631. The van der Waals surface area contributed by atoms with Gasteiger partial charge in [-0.1, -0.05) is 18.2 Å². The van der Waals surface area contributed by atoms with Crippen LogP contribution in [0.1, 0.15) is 24.6 Å². The van der Waals surface area contributed by atoms with Crippen LogP contribution in [-0.2, 0) is 20.4 Å². The number of nitrogens with two attached hydrogens (primary N) is 1. The fourth-order valence-electron chi connectivity index (χ4n) is 2.81. The first-order valence-corrected chi connectivity index (χ1v) is 9.60. The molecule has 0 radical (unpaired) electrons. The van der Waals surface area contributed by atoms with E-state index < -0.39 is 14.3 Å². The largest absolute Gasteiger partial charge is 0.426 e. The molecule has 3 heterocycles. The molecule has 0 aliphatic carbocycles. The fraction of sp³-hybridized carbons (Fsp3) is 0.333. The first-order chi connectivity index (χ1) is 13.2. The Hall–Kier alpha value is -2.25. The number of hydrogen-bond acceptors (Lipinski definition) is 7. The van der Waals surface area contributed by atoms with Crippen LogP contribution in [0.3, 0.4) is 0 Å². The molecule has 1 aromatic heterocycles. The highest BCUT2D eigenvalue weighted by atomic mass is 31.2. The summed E-state index contributed by atoms with van der Waals surface area (Å²) in [4.78, 5) is 15.6. The van der Waals surface area contributed by atoms with Crippen LogP contribution in [0.5, 0.6) is 5.75 Å². The van der Waals surface area contributed by atoms with Gasteiger partial charge in [-0.3, -0.25) is 13.6 Å². The van der Waals surface area contributed by atoms with Gasteiger partial charge < -0.3 is 15.0 Å². The standard InChI is InChI=1S/C16H18N3O5P.C2H4/c17-14-7-8-19(16(20)18-14)15-6-5-12(23-15)10-22-25-21-9-11-3-1-2-4-13(11)24-25;1-2/h1-4,7-8,12,15H,5-6,9-10H2,(H2,17,18,20);1-2H2. The maximum atomic E-state index is 11.9. The van der Waals surface area contributed by atoms with Crippen molar-refractivity contribution < 1.29 is 18.3 Å². The summed E-state index contributed by atoms with van der Waals surface area (Å²) in [6.07, 6.45) is 2.62. The zero-order valence-corrected chi connectivity index (χ0v) is 15.7. The normalized spacial score (nSPS) is 23.6. The molecule has 2 aromatic rings. The van der Waals surface area contributed by atoms with Crippen molar-refractivity contribution in [1.82, 2.24) is 9.55 Å². The number of ether oxygens (including phenoxy) is 1. The Kier molecular flexibility index (Phi) is 6.58. The zero-order valence-electron chi connectivity index (χ0n) is 14.8. The van der Waals surface area contributed by atoms with Crippen molar-refractivity contribution in [3.63, 3.8) is 0 Å². The van der Waals surface area contributed by atoms with Gasteiger partial charge in [-0.2, -0.15) is 4.98 Å². The van der Waals surface area contributed by atoms with Crippen molar-refractivity contribution in [1.29, 1.82) is 0 Å². The third-order valence-corrected chi connectivity index (χ3v) is 5.13. The van der Waals surface area contributed by atoms with E-state index >= 15 is 0 Å². The lowest BCUT2D eigenvalue weighted by Crippen LogP contribution is -2.27. The molecule has 2 aliphatic heterocycles. The van der Waals surface area contributed by atoms with Gasteiger partial charge in [0.1, 0.15) is 17.8 Å². The first kappa shape index (κ1) is 19.5. The molecule has 2 aliphatic rings. The van der Waals surface area contributed by atoms with Gasteiger partial charge in [-0.05, 0) is 25.0 Å². The Balaban J connectivity index is 0.00000102. The molecule has 9 heteroatoms. The topological polar surface area (TPSA) is 97.8 Å². The van der Waals surface area contributed by atoms with E-state index in [0.717, 1.165) is 17.7 Å². The minimum atomic E-state index is -1.43. The van der Waals surface area contributed by atoms with Crippen LogP contribution >= 0.6 is 8.60 Å². The van der Waals surface area contributed by atoms with E-state index in [9.17, 15) is 4.79 Å². The Labute approximate surface area is 158 Å². The van der Waals surface area contributed by atoms with Crippen molar-refractivity contribution in [3.05, 3.63) is 65.7 Å². The highest BCUT2D eigenvalue weighted by Gasteiger charge is 2.30. The van der Waals surface area contributed by atoms with Gasteiger partial charge in [0.2, 0.25) is 0 Å². The molecule has 27 heavy (non-hydrogen) atoms. The summed E-state index contributed by atoms with van der Waals surface area (Å²) in [5.74, 6) is 0.999. The molecule has 0 saturated carbocycles. The third kappa shape index (κ3) is 4.73. The van der Waals surface area contributed by atoms with Gasteiger partial charge in [0.25, 0.3) is 0 Å². The van der Waals surface area contributed by atoms with E-state index in [1.54, 1.807) is 12.3 Å². The Bertz CT molecular complexity index is 831. The molecule has 0 bridgehead atoms. The smallest absolute Gasteiger partial charge is 0.397 e. The molecule has 3 atom stereocenters. The van der Waals surface area contributed by atoms with E-state index in [1.807, 2.05) is 24.3 Å². The lowest BCUT2D eigenvalue weighted by atomic mass is 10.2. The fourth-order valence-corrected chi connectivity index (χ4v) is 3.86. The van der Waals surface area contributed by atoms with Crippen molar-refractivity contribution in [2.75, 3.05) is 12.3 Å². The Morgan fingerprint density at radius 1 is 1.30 bits per heavy atom. The number of benzene rings is 1. The summed E-state index contributed by atoms with van der Waals surface area (Å²) in [7, 11) is -1.43. The van der Waals surface area contributed by atoms with Crippen LogP contribution in [0, 0.1) is 0 Å². The van der Waals surface area contributed by atoms with Crippen molar-refractivity contribution >= 4 is 14.4 Å². The molecule has 0 spiro atoms. The summed E-state index contributed by atoms with van der Waals surface area (Å²) >= 11 is 0. The number of rotatable bonds is 4. The number of aromatic nitrogens is 2. The summed E-state index contributed by atoms with van der Waals surface area (Å²) in [5.41, 5.74) is 6.11. The van der Waals surface area contributed by atoms with Crippen molar-refractivity contribution in [3.8, 4) is 5.75 Å². The second-order valence-electron chi connectivity index (χ2n) is 5.82. The molecule has 3 unspecified atom stereocenters. The number of nitrogens with zero attached hydrogens (tertiary/aromatic N) is 2. The van der Waals surface area contributed by atoms with Crippen LogP contribution in [0.2, 0.25) is 0 Å². The van der Waals surface area contributed by atoms with Gasteiger partial charge in [0, 0.05) is 11.8 Å². The zero-order chi connectivity index (χ0) is 19.2. The maximum absolute atomic E-state index is 11.9. The minimum absolute atomic E-state index is 0.124. The summed E-state index contributed by atoms with van der Waals surface area (Å²) in [6, 6.07) is 9.31. The van der Waals surface area contributed by atoms with Crippen LogP contribution in [0.4, 0.5) is 5.82 Å². The van der Waals surface area contributed by atoms with Crippen LogP contribution in [-0.4, -0.2) is 22.3 Å². The molecular weight excluding hydrogens is 369 g/mol. The molecule has 2 N–H and O–H groups in total. The molecule has 1 fully saturated rings. The van der Waals surface area contributed by atoms with Gasteiger partial charge in [-0.15, -0.1) is 13.2 Å². The van der Waals surface area contributed by atoms with E-state index in [2.05, 4.69) is 18.1 Å². The van der Waals surface area contributed by atoms with E-state index in [1.165, 1.54) is 4.57 Å². The minimum Gasteiger partial charge on any atom is -0.426 e. The van der Waals surface area contributed by atoms with Crippen LogP contribution < -0.4 is 15.9 Å². The molecule has 0 amide bonds. The van der Waals surface area contributed by atoms with E-state index in [4.69, 9.17) is 24.0 Å². The lowest BCUT2D eigenvalue weighted by Gasteiger charge is -2.24.